The Balaban J connectivity index is 3.27. The Hall–Kier alpha value is -1.22. The number of carbonyl (C=O) groups is 1. The van der Waals surface area contributed by atoms with Gasteiger partial charge in [0.1, 0.15) is 5.31 Å². The fraction of sp³-hybridized carbons (Fsp3) is 0.400. The minimum absolute atomic E-state index is 0.120. The second-order valence-electron chi connectivity index (χ2n) is 4.05. The number of ketones is 1. The molecule has 5 heteroatoms. The van der Waals surface area contributed by atoms with Crippen molar-refractivity contribution < 1.29 is 18.4 Å². The lowest BCUT2D eigenvalue weighted by atomic mass is 10.2. The third-order valence-corrected chi connectivity index (χ3v) is 4.77. The summed E-state index contributed by atoms with van der Waals surface area (Å²) in [5.41, 5.74) is 0.795. The normalized spacial score (nSPS) is 12.4. The van der Waals surface area contributed by atoms with Gasteiger partial charge in [-0.1, -0.05) is 37.3 Å². The summed E-state index contributed by atoms with van der Waals surface area (Å²) in [5.74, 6) is -0.223. The highest BCUT2D eigenvalue weighted by Gasteiger charge is 2.33. The highest BCUT2D eigenvalue weighted by Crippen LogP contribution is 2.57. The standard InChI is InChI=1S/C15H21O4P/c1-4-14(16)15(12-13-10-8-7-9-11-13)20(17,18-5-2)19-6-3/h7-12H,4-6H2,1-3H3/b15-12-. The number of Topliss-reactive ketones (excluding diaryl/α,β-unsaturated/α-hetero) is 1. The Kier molecular flexibility index (Phi) is 6.86. The molecule has 0 heterocycles. The molecule has 0 saturated heterocycles. The first-order chi connectivity index (χ1) is 9.57. The molecule has 110 valence electrons. The molecule has 0 saturated carbocycles. The smallest absolute Gasteiger partial charge is 0.305 e. The van der Waals surface area contributed by atoms with Crippen LogP contribution in [0.25, 0.3) is 6.08 Å². The molecule has 0 fully saturated rings. The predicted octanol–water partition coefficient (Wildman–Crippen LogP) is 4.27. The van der Waals surface area contributed by atoms with E-state index in [1.807, 2.05) is 30.3 Å². The zero-order valence-electron chi connectivity index (χ0n) is 12.2. The van der Waals surface area contributed by atoms with E-state index in [9.17, 15) is 9.36 Å². The van der Waals surface area contributed by atoms with Crippen LogP contribution in [-0.4, -0.2) is 19.0 Å². The van der Waals surface area contributed by atoms with Crippen LogP contribution in [0.4, 0.5) is 0 Å². The van der Waals surface area contributed by atoms with Crippen LogP contribution >= 0.6 is 7.60 Å². The quantitative estimate of drug-likeness (QED) is 0.531. The summed E-state index contributed by atoms with van der Waals surface area (Å²) < 4.78 is 23.3. The molecular weight excluding hydrogens is 275 g/mol. The molecule has 0 amide bonds. The van der Waals surface area contributed by atoms with E-state index in [2.05, 4.69) is 0 Å². The maximum Gasteiger partial charge on any atom is 0.364 e. The van der Waals surface area contributed by atoms with Gasteiger partial charge in [-0.2, -0.15) is 0 Å². The van der Waals surface area contributed by atoms with Crippen molar-refractivity contribution in [3.63, 3.8) is 0 Å². The molecular formula is C15H21O4P. The average Bonchev–Trinajstić information content (AvgIpc) is 2.45. The molecule has 0 aliphatic rings. The van der Waals surface area contributed by atoms with Gasteiger partial charge in [0.15, 0.2) is 5.78 Å². The van der Waals surface area contributed by atoms with E-state index in [0.717, 1.165) is 5.56 Å². The van der Waals surface area contributed by atoms with Gasteiger partial charge in [0.2, 0.25) is 0 Å². The molecule has 0 aromatic heterocycles. The topological polar surface area (TPSA) is 52.6 Å². The minimum Gasteiger partial charge on any atom is -0.305 e. The second-order valence-corrected chi connectivity index (χ2v) is 6.04. The molecule has 0 radical (unpaired) electrons. The molecule has 1 aromatic rings. The molecule has 0 unspecified atom stereocenters. The van der Waals surface area contributed by atoms with E-state index < -0.39 is 7.60 Å². The van der Waals surface area contributed by atoms with Crippen LogP contribution in [-0.2, 0) is 18.4 Å². The Morgan fingerprint density at radius 2 is 1.65 bits per heavy atom. The molecule has 1 aromatic carbocycles. The molecule has 0 N–H and O–H groups in total. The third-order valence-electron chi connectivity index (χ3n) is 2.60. The van der Waals surface area contributed by atoms with Crippen molar-refractivity contribution in [2.75, 3.05) is 13.2 Å². The van der Waals surface area contributed by atoms with Gasteiger partial charge < -0.3 is 9.05 Å². The number of rotatable bonds is 8. The first-order valence-corrected chi connectivity index (χ1v) is 8.31. The fourth-order valence-electron chi connectivity index (χ4n) is 1.72. The van der Waals surface area contributed by atoms with Crippen molar-refractivity contribution in [2.24, 2.45) is 0 Å². The summed E-state index contributed by atoms with van der Waals surface area (Å²) in [6.45, 7) is 5.62. The van der Waals surface area contributed by atoms with E-state index in [0.29, 0.717) is 0 Å². The van der Waals surface area contributed by atoms with Crippen LogP contribution in [0.2, 0.25) is 0 Å². The summed E-state index contributed by atoms with van der Waals surface area (Å²) >= 11 is 0. The van der Waals surface area contributed by atoms with E-state index >= 15 is 0 Å². The zero-order chi connectivity index (χ0) is 15.0. The van der Waals surface area contributed by atoms with Gasteiger partial charge in [0.25, 0.3) is 0 Å². The average molecular weight is 296 g/mol. The van der Waals surface area contributed by atoms with Crippen LogP contribution in [0.5, 0.6) is 0 Å². The number of allylic oxidation sites excluding steroid dienone is 1. The minimum atomic E-state index is -3.56. The highest BCUT2D eigenvalue weighted by atomic mass is 31.2. The Morgan fingerprint density at radius 1 is 1.10 bits per heavy atom. The van der Waals surface area contributed by atoms with Crippen molar-refractivity contribution in [3.8, 4) is 0 Å². The van der Waals surface area contributed by atoms with E-state index in [-0.39, 0.29) is 30.7 Å². The van der Waals surface area contributed by atoms with Crippen molar-refractivity contribution in [2.45, 2.75) is 27.2 Å². The number of benzene rings is 1. The molecule has 0 atom stereocenters. The fourth-order valence-corrected chi connectivity index (χ4v) is 3.52. The number of hydrogen-bond donors (Lipinski definition) is 0. The molecule has 0 spiro atoms. The largest absolute Gasteiger partial charge is 0.364 e. The molecule has 1 rings (SSSR count). The Labute approximate surface area is 120 Å². The molecule has 0 aliphatic heterocycles. The summed E-state index contributed by atoms with van der Waals surface area (Å²) in [4.78, 5) is 12.1. The summed E-state index contributed by atoms with van der Waals surface area (Å²) in [6, 6.07) is 9.26. The van der Waals surface area contributed by atoms with Crippen molar-refractivity contribution >= 4 is 19.5 Å². The lowest BCUT2D eigenvalue weighted by molar-refractivity contribution is -0.114. The summed E-state index contributed by atoms with van der Waals surface area (Å²) in [6.07, 6.45) is 1.85. The highest BCUT2D eigenvalue weighted by molar-refractivity contribution is 7.60. The predicted molar refractivity (Wildman–Crippen MR) is 80.6 cm³/mol. The Bertz CT molecular complexity index is 498. The van der Waals surface area contributed by atoms with Crippen LogP contribution < -0.4 is 0 Å². The van der Waals surface area contributed by atoms with Gasteiger partial charge in [-0.05, 0) is 25.5 Å². The van der Waals surface area contributed by atoms with Crippen LogP contribution in [0, 0.1) is 0 Å². The number of hydrogen-bond acceptors (Lipinski definition) is 4. The monoisotopic (exact) mass is 296 g/mol. The first-order valence-electron chi connectivity index (χ1n) is 6.77. The van der Waals surface area contributed by atoms with Crippen LogP contribution in [0.3, 0.4) is 0 Å². The molecule has 4 nitrogen and oxygen atoms in total. The van der Waals surface area contributed by atoms with Crippen molar-refractivity contribution in [1.29, 1.82) is 0 Å². The first kappa shape index (κ1) is 16.8. The van der Waals surface area contributed by atoms with E-state index in [1.165, 1.54) is 0 Å². The maximum atomic E-state index is 12.8. The Morgan fingerprint density at radius 3 is 2.10 bits per heavy atom. The van der Waals surface area contributed by atoms with Gasteiger partial charge in [0, 0.05) is 6.42 Å². The summed E-state index contributed by atoms with van der Waals surface area (Å²) in [5, 5.41) is 0.120. The number of carbonyl (C=O) groups excluding carboxylic acids is 1. The van der Waals surface area contributed by atoms with Gasteiger partial charge in [-0.15, -0.1) is 0 Å². The van der Waals surface area contributed by atoms with E-state index in [4.69, 9.17) is 9.05 Å². The van der Waals surface area contributed by atoms with Crippen LogP contribution in [0.15, 0.2) is 35.6 Å². The lowest BCUT2D eigenvalue weighted by Crippen LogP contribution is -2.07. The molecule has 0 bridgehead atoms. The van der Waals surface area contributed by atoms with Crippen molar-refractivity contribution in [3.05, 3.63) is 41.2 Å². The lowest BCUT2D eigenvalue weighted by Gasteiger charge is -2.19. The van der Waals surface area contributed by atoms with Gasteiger partial charge in [-0.25, -0.2) is 0 Å². The van der Waals surface area contributed by atoms with Gasteiger partial charge in [0.05, 0.1) is 13.2 Å². The SMILES string of the molecule is CCOP(=O)(OCC)/C(=C\c1ccccc1)C(=O)CC. The maximum absolute atomic E-state index is 12.8. The van der Waals surface area contributed by atoms with Gasteiger partial charge >= 0.3 is 7.60 Å². The van der Waals surface area contributed by atoms with Crippen LogP contribution in [0.1, 0.15) is 32.8 Å². The van der Waals surface area contributed by atoms with Crippen molar-refractivity contribution in [1.82, 2.24) is 0 Å². The summed E-state index contributed by atoms with van der Waals surface area (Å²) in [7, 11) is -3.56. The molecule has 0 aliphatic carbocycles. The van der Waals surface area contributed by atoms with Gasteiger partial charge in [-0.3, -0.25) is 9.36 Å². The third kappa shape index (κ3) is 4.41. The van der Waals surface area contributed by atoms with E-state index in [1.54, 1.807) is 26.8 Å². The zero-order valence-corrected chi connectivity index (χ0v) is 13.1. The second kappa shape index (κ2) is 8.15. The molecule has 20 heavy (non-hydrogen) atoms.